The van der Waals surface area contributed by atoms with Crippen molar-refractivity contribution in [2.75, 3.05) is 26.2 Å². The molecule has 37 heavy (non-hydrogen) atoms. The zero-order valence-electron chi connectivity index (χ0n) is 21.8. The Morgan fingerprint density at radius 1 is 1.16 bits per heavy atom. The number of benzene rings is 1. The molecule has 3 N–H and O–H groups in total. The predicted molar refractivity (Wildman–Crippen MR) is 146 cm³/mol. The number of ether oxygens (including phenoxy) is 1. The molecular weight excluding hydrogens is 488 g/mol. The number of hydrogen-bond donors (Lipinski definition) is 2. The van der Waals surface area contributed by atoms with E-state index < -0.39 is 18.1 Å². The summed E-state index contributed by atoms with van der Waals surface area (Å²) in [6.45, 7) is 8.69. The minimum atomic E-state index is -0.932. The number of halogens is 1. The second-order valence-electron chi connectivity index (χ2n) is 10.7. The van der Waals surface area contributed by atoms with Crippen molar-refractivity contribution in [2.45, 2.75) is 44.9 Å². The van der Waals surface area contributed by atoms with Gasteiger partial charge in [0.15, 0.2) is 0 Å². The summed E-state index contributed by atoms with van der Waals surface area (Å²) in [5.74, 6) is 0. The van der Waals surface area contributed by atoms with E-state index in [0.717, 1.165) is 46.7 Å². The Morgan fingerprint density at radius 3 is 2.59 bits per heavy atom. The lowest BCUT2D eigenvalue weighted by molar-refractivity contribution is -0.244. The maximum Gasteiger partial charge on any atom is 0.216 e. The van der Waals surface area contributed by atoms with Crippen LogP contribution in [0.5, 0.6) is 0 Å². The van der Waals surface area contributed by atoms with Crippen molar-refractivity contribution < 1.29 is 9.84 Å². The second-order valence-corrected chi connectivity index (χ2v) is 11.2. The lowest BCUT2D eigenvalue weighted by Gasteiger charge is -2.42. The zero-order chi connectivity index (χ0) is 26.3. The Morgan fingerprint density at radius 2 is 1.92 bits per heavy atom. The smallest absolute Gasteiger partial charge is 0.216 e. The van der Waals surface area contributed by atoms with E-state index >= 15 is 0 Å². The highest BCUT2D eigenvalue weighted by molar-refractivity contribution is 6.30. The van der Waals surface area contributed by atoms with Crippen LogP contribution in [0, 0.1) is 0 Å². The number of fused-ring (bicyclic) bond motifs is 2. The highest BCUT2D eigenvalue weighted by atomic mass is 35.5. The topological polar surface area (TPSA) is 92.7 Å². The van der Waals surface area contributed by atoms with Gasteiger partial charge < -0.3 is 20.1 Å². The van der Waals surface area contributed by atoms with Crippen molar-refractivity contribution in [3.8, 4) is 0 Å². The van der Waals surface area contributed by atoms with Crippen LogP contribution >= 0.6 is 11.6 Å². The first-order valence-corrected chi connectivity index (χ1v) is 13.0. The summed E-state index contributed by atoms with van der Waals surface area (Å²) in [4.78, 5) is 13.5. The van der Waals surface area contributed by atoms with Crippen molar-refractivity contribution in [2.24, 2.45) is 12.8 Å². The van der Waals surface area contributed by atoms with Gasteiger partial charge in [-0.2, -0.15) is 0 Å². The number of pyridine rings is 1. The molecule has 9 heteroatoms. The van der Waals surface area contributed by atoms with Crippen LogP contribution in [0.4, 0.5) is 0 Å². The first-order chi connectivity index (χ1) is 17.6. The standard InChI is InChI=1S/C28H35ClN6O2/c1-28(2,3)37-27(36)35-12-10-34(11-13-35)26-20-8-7-19(29)15-21(20)22(14-18-6-5-9-32-25(18)26)24(30)23-16-31-17-33(23)4/h5-9,14-17,24,26-27,36H,10-13,30H2,1-4H3. The number of aryl methyl sites for hydroxylation is 1. The van der Waals surface area contributed by atoms with Crippen molar-refractivity contribution in [1.82, 2.24) is 24.3 Å². The first kappa shape index (κ1) is 26.0. The average molecular weight is 523 g/mol. The van der Waals surface area contributed by atoms with Crippen molar-refractivity contribution >= 4 is 23.3 Å². The summed E-state index contributed by atoms with van der Waals surface area (Å²) in [5.41, 5.74) is 12.5. The van der Waals surface area contributed by atoms with E-state index in [-0.39, 0.29) is 6.04 Å². The van der Waals surface area contributed by atoms with Crippen LogP contribution in [0.2, 0.25) is 5.02 Å². The average Bonchev–Trinajstić information content (AvgIpc) is 3.23. The minimum Gasteiger partial charge on any atom is -0.356 e. The van der Waals surface area contributed by atoms with Crippen molar-refractivity contribution in [3.05, 3.63) is 82.2 Å². The van der Waals surface area contributed by atoms with Crippen LogP contribution < -0.4 is 5.73 Å². The van der Waals surface area contributed by atoms with Crippen LogP contribution in [0.3, 0.4) is 0 Å². The van der Waals surface area contributed by atoms with Gasteiger partial charge in [-0.1, -0.05) is 23.7 Å². The van der Waals surface area contributed by atoms with E-state index in [9.17, 15) is 5.11 Å². The lowest BCUT2D eigenvalue weighted by Crippen LogP contribution is -2.53. The van der Waals surface area contributed by atoms with E-state index in [1.165, 1.54) is 0 Å². The lowest BCUT2D eigenvalue weighted by atomic mass is 9.90. The molecule has 3 heterocycles. The van der Waals surface area contributed by atoms with Crippen LogP contribution in [0.15, 0.2) is 49.1 Å². The number of nitrogens with two attached hydrogens (primary N) is 1. The van der Waals surface area contributed by atoms with E-state index in [2.05, 4.69) is 28.1 Å². The number of hydrogen-bond acceptors (Lipinski definition) is 7. The Kier molecular flexibility index (Phi) is 7.24. The zero-order valence-corrected chi connectivity index (χ0v) is 22.6. The summed E-state index contributed by atoms with van der Waals surface area (Å²) < 4.78 is 7.75. The molecule has 0 bridgehead atoms. The molecule has 0 saturated carbocycles. The second kappa shape index (κ2) is 10.3. The predicted octanol–water partition coefficient (Wildman–Crippen LogP) is 3.82. The molecule has 1 aromatic carbocycles. The van der Waals surface area contributed by atoms with Crippen LogP contribution in [-0.4, -0.2) is 67.6 Å². The van der Waals surface area contributed by atoms with E-state index in [1.807, 2.05) is 67.9 Å². The number of nitrogens with zero attached hydrogens (tertiary/aromatic N) is 5. The van der Waals surface area contributed by atoms with Crippen molar-refractivity contribution in [1.29, 1.82) is 0 Å². The number of piperazine rings is 1. The highest BCUT2D eigenvalue weighted by Gasteiger charge is 2.35. The van der Waals surface area contributed by atoms with Crippen LogP contribution in [-0.2, 0) is 11.8 Å². The summed E-state index contributed by atoms with van der Waals surface area (Å²) >= 11 is 6.54. The third-order valence-corrected chi connectivity index (χ3v) is 7.29. The molecule has 0 radical (unpaired) electrons. The van der Waals surface area contributed by atoms with Gasteiger partial charge in [0.25, 0.3) is 0 Å². The molecule has 0 spiro atoms. The fraction of sp³-hybridized carbons (Fsp3) is 0.429. The molecule has 1 aliphatic heterocycles. The molecule has 1 aliphatic carbocycles. The third-order valence-electron chi connectivity index (χ3n) is 7.06. The first-order valence-electron chi connectivity index (χ1n) is 12.6. The monoisotopic (exact) mass is 522 g/mol. The van der Waals surface area contributed by atoms with Crippen molar-refractivity contribution in [3.63, 3.8) is 0 Å². The fourth-order valence-corrected chi connectivity index (χ4v) is 5.42. The maximum absolute atomic E-state index is 10.6. The molecule has 2 aliphatic rings. The van der Waals surface area contributed by atoms with E-state index in [4.69, 9.17) is 27.1 Å². The van der Waals surface area contributed by atoms with Gasteiger partial charge in [0.1, 0.15) is 0 Å². The molecule has 3 unspecified atom stereocenters. The molecule has 196 valence electrons. The summed E-state index contributed by atoms with van der Waals surface area (Å²) in [5, 5.41) is 11.3. The van der Waals surface area contributed by atoms with Gasteiger partial charge in [0, 0.05) is 44.4 Å². The van der Waals surface area contributed by atoms with Gasteiger partial charge in [-0.05, 0) is 67.3 Å². The Labute approximate surface area is 223 Å². The molecule has 3 atom stereocenters. The molecule has 3 aromatic rings. The van der Waals surface area contributed by atoms with Gasteiger partial charge in [0.2, 0.25) is 6.41 Å². The Bertz CT molecular complexity index is 1290. The quantitative estimate of drug-likeness (QED) is 0.492. The van der Waals surface area contributed by atoms with Gasteiger partial charge >= 0.3 is 0 Å². The van der Waals surface area contributed by atoms with Gasteiger partial charge in [-0.3, -0.25) is 14.8 Å². The molecule has 5 rings (SSSR count). The molecular formula is C28H35ClN6O2. The maximum atomic E-state index is 10.6. The number of aliphatic hydroxyl groups is 1. The number of aromatic nitrogens is 3. The number of imidazole rings is 1. The number of aliphatic hydroxyl groups excluding tert-OH is 1. The SMILES string of the molecule is Cn1cncc1C(N)C1=Cc2cccnc2C(N2CCN(C(O)OC(C)(C)C)CC2)c2ccc(Cl)cc21. The molecule has 0 amide bonds. The number of rotatable bonds is 5. The van der Waals surface area contributed by atoms with Gasteiger partial charge in [-0.25, -0.2) is 4.98 Å². The largest absolute Gasteiger partial charge is 0.356 e. The Hall–Kier alpha value is -2.59. The third kappa shape index (κ3) is 5.36. The summed E-state index contributed by atoms with van der Waals surface area (Å²) in [6, 6.07) is 9.62. The van der Waals surface area contributed by atoms with E-state index in [1.54, 1.807) is 6.33 Å². The van der Waals surface area contributed by atoms with E-state index in [0.29, 0.717) is 18.1 Å². The highest BCUT2D eigenvalue weighted by Crippen LogP contribution is 2.43. The molecule has 1 saturated heterocycles. The molecule has 1 fully saturated rings. The summed E-state index contributed by atoms with van der Waals surface area (Å²) in [6.07, 6.45) is 6.64. The van der Waals surface area contributed by atoms with Crippen LogP contribution in [0.25, 0.3) is 11.6 Å². The van der Waals surface area contributed by atoms with Gasteiger partial charge in [0.05, 0.1) is 41.6 Å². The minimum absolute atomic E-state index is 0.0845. The Balaban J connectivity index is 1.53. The molecule has 2 aromatic heterocycles. The normalized spacial score (nSPS) is 20.5. The van der Waals surface area contributed by atoms with Gasteiger partial charge in [-0.15, -0.1) is 0 Å². The van der Waals surface area contributed by atoms with Crippen LogP contribution in [0.1, 0.15) is 60.9 Å². The fourth-order valence-electron chi connectivity index (χ4n) is 5.25. The summed E-state index contributed by atoms with van der Waals surface area (Å²) in [7, 11) is 1.95. The molecule has 8 nitrogen and oxygen atoms in total.